The molecule has 0 aromatic rings. The minimum Gasteiger partial charge on any atom is -0.312 e. The van der Waals surface area contributed by atoms with E-state index in [4.69, 9.17) is 0 Å². The highest BCUT2D eigenvalue weighted by atomic mass is 15.1. The van der Waals surface area contributed by atoms with Gasteiger partial charge in [0.25, 0.3) is 0 Å². The van der Waals surface area contributed by atoms with Crippen molar-refractivity contribution >= 4 is 0 Å². The first-order chi connectivity index (χ1) is 8.67. The Hall–Kier alpha value is -0.0800. The lowest BCUT2D eigenvalue weighted by Crippen LogP contribution is -2.42. The molecule has 0 spiro atoms. The van der Waals surface area contributed by atoms with E-state index in [0.29, 0.717) is 0 Å². The minimum absolute atomic E-state index is 0.779. The number of likely N-dealkylation sites (N-methyl/N-ethyl adjacent to an activating group) is 1. The maximum Gasteiger partial charge on any atom is 0.0107 e. The number of hydrogen-bond donors (Lipinski definition) is 1. The van der Waals surface area contributed by atoms with Crippen LogP contribution in [-0.4, -0.2) is 37.1 Å². The monoisotopic (exact) mass is 254 g/mol. The van der Waals surface area contributed by atoms with Crippen molar-refractivity contribution in [2.24, 2.45) is 11.8 Å². The standard InChI is InChI=1S/C16H34N2/c1-5-14(3)13-18(6-2)12-11-17-16-10-8-7-9-15(16)4/h14-17H,5-13H2,1-4H3. The Morgan fingerprint density at radius 1 is 1.22 bits per heavy atom. The summed E-state index contributed by atoms with van der Waals surface area (Å²) in [4.78, 5) is 2.59. The maximum absolute atomic E-state index is 3.79. The van der Waals surface area contributed by atoms with Gasteiger partial charge in [0.15, 0.2) is 0 Å². The van der Waals surface area contributed by atoms with Gasteiger partial charge >= 0.3 is 0 Å². The average molecular weight is 254 g/mol. The zero-order valence-electron chi connectivity index (χ0n) is 13.0. The smallest absolute Gasteiger partial charge is 0.0107 e. The number of nitrogens with zero attached hydrogens (tertiary/aromatic N) is 1. The van der Waals surface area contributed by atoms with Crippen molar-refractivity contribution in [3.05, 3.63) is 0 Å². The van der Waals surface area contributed by atoms with Gasteiger partial charge in [-0.1, -0.05) is 47.0 Å². The fourth-order valence-corrected chi connectivity index (χ4v) is 2.98. The summed E-state index contributed by atoms with van der Waals surface area (Å²) in [5.41, 5.74) is 0. The molecule has 0 bridgehead atoms. The van der Waals surface area contributed by atoms with Crippen molar-refractivity contribution in [3.63, 3.8) is 0 Å². The number of hydrogen-bond acceptors (Lipinski definition) is 2. The molecule has 1 aliphatic carbocycles. The fraction of sp³-hybridized carbons (Fsp3) is 1.00. The first-order valence-corrected chi connectivity index (χ1v) is 8.13. The topological polar surface area (TPSA) is 15.3 Å². The van der Waals surface area contributed by atoms with E-state index in [1.165, 1.54) is 58.3 Å². The first-order valence-electron chi connectivity index (χ1n) is 8.13. The van der Waals surface area contributed by atoms with Crippen molar-refractivity contribution in [2.45, 2.75) is 65.8 Å². The summed E-state index contributed by atoms with van der Waals surface area (Å²) in [5.74, 6) is 1.71. The van der Waals surface area contributed by atoms with E-state index in [0.717, 1.165) is 17.9 Å². The molecule has 2 nitrogen and oxygen atoms in total. The highest BCUT2D eigenvalue weighted by Gasteiger charge is 2.20. The van der Waals surface area contributed by atoms with Gasteiger partial charge in [-0.05, 0) is 31.2 Å². The highest BCUT2D eigenvalue weighted by molar-refractivity contribution is 4.78. The third-order valence-electron chi connectivity index (χ3n) is 4.66. The van der Waals surface area contributed by atoms with Crippen molar-refractivity contribution in [3.8, 4) is 0 Å². The van der Waals surface area contributed by atoms with Crippen LogP contribution in [0.2, 0.25) is 0 Å². The molecule has 1 N–H and O–H groups in total. The first kappa shape index (κ1) is 16.0. The van der Waals surface area contributed by atoms with Gasteiger partial charge in [0.2, 0.25) is 0 Å². The third kappa shape index (κ3) is 5.71. The van der Waals surface area contributed by atoms with Gasteiger partial charge < -0.3 is 10.2 Å². The van der Waals surface area contributed by atoms with Gasteiger partial charge in [0, 0.05) is 25.7 Å². The Kier molecular flexibility index (Phi) is 7.92. The second kappa shape index (κ2) is 8.92. The van der Waals surface area contributed by atoms with Crippen LogP contribution >= 0.6 is 0 Å². The van der Waals surface area contributed by atoms with Gasteiger partial charge in [0.05, 0.1) is 0 Å². The normalized spacial score (nSPS) is 26.5. The molecule has 0 saturated heterocycles. The molecule has 3 unspecified atom stereocenters. The lowest BCUT2D eigenvalue weighted by molar-refractivity contribution is 0.225. The Balaban J connectivity index is 2.17. The fourth-order valence-electron chi connectivity index (χ4n) is 2.98. The van der Waals surface area contributed by atoms with Gasteiger partial charge in [-0.15, -0.1) is 0 Å². The van der Waals surface area contributed by atoms with Crippen LogP contribution < -0.4 is 5.32 Å². The average Bonchev–Trinajstić information content (AvgIpc) is 2.39. The van der Waals surface area contributed by atoms with E-state index < -0.39 is 0 Å². The van der Waals surface area contributed by atoms with E-state index in [1.54, 1.807) is 0 Å². The van der Waals surface area contributed by atoms with E-state index in [9.17, 15) is 0 Å². The van der Waals surface area contributed by atoms with Crippen LogP contribution in [0, 0.1) is 11.8 Å². The van der Waals surface area contributed by atoms with Crippen molar-refractivity contribution in [2.75, 3.05) is 26.2 Å². The second-order valence-electron chi connectivity index (χ2n) is 6.23. The van der Waals surface area contributed by atoms with Gasteiger partial charge in [0.1, 0.15) is 0 Å². The maximum atomic E-state index is 3.79. The number of rotatable bonds is 8. The lowest BCUT2D eigenvalue weighted by atomic mass is 9.86. The molecular formula is C16H34N2. The van der Waals surface area contributed by atoms with Crippen LogP contribution in [0.1, 0.15) is 59.8 Å². The molecule has 1 saturated carbocycles. The molecular weight excluding hydrogens is 220 g/mol. The molecule has 1 aliphatic rings. The molecule has 0 aliphatic heterocycles. The molecule has 2 heteroatoms. The summed E-state index contributed by atoms with van der Waals surface area (Å²) in [6, 6.07) is 0.779. The zero-order valence-corrected chi connectivity index (χ0v) is 13.0. The summed E-state index contributed by atoms with van der Waals surface area (Å²) in [7, 11) is 0. The molecule has 1 rings (SSSR count). The highest BCUT2D eigenvalue weighted by Crippen LogP contribution is 2.23. The summed E-state index contributed by atoms with van der Waals surface area (Å²) in [5, 5.41) is 3.79. The Bertz CT molecular complexity index is 205. The van der Waals surface area contributed by atoms with Crippen LogP contribution in [-0.2, 0) is 0 Å². The molecule has 0 amide bonds. The van der Waals surface area contributed by atoms with Gasteiger partial charge in [-0.25, -0.2) is 0 Å². The Morgan fingerprint density at radius 3 is 2.56 bits per heavy atom. The summed E-state index contributed by atoms with van der Waals surface area (Å²) < 4.78 is 0. The SMILES string of the molecule is CCC(C)CN(CC)CCNC1CCCCC1C. The lowest BCUT2D eigenvalue weighted by Gasteiger charge is -2.31. The van der Waals surface area contributed by atoms with E-state index in [1.807, 2.05) is 0 Å². The quantitative estimate of drug-likeness (QED) is 0.713. The van der Waals surface area contributed by atoms with Crippen LogP contribution in [0.3, 0.4) is 0 Å². The van der Waals surface area contributed by atoms with Crippen LogP contribution in [0.15, 0.2) is 0 Å². The van der Waals surface area contributed by atoms with Crippen LogP contribution in [0.4, 0.5) is 0 Å². The van der Waals surface area contributed by atoms with Crippen molar-refractivity contribution in [1.82, 2.24) is 10.2 Å². The predicted molar refractivity (Wildman–Crippen MR) is 81.0 cm³/mol. The third-order valence-corrected chi connectivity index (χ3v) is 4.66. The molecule has 0 radical (unpaired) electrons. The molecule has 1 fully saturated rings. The van der Waals surface area contributed by atoms with E-state index in [-0.39, 0.29) is 0 Å². The van der Waals surface area contributed by atoms with Gasteiger partial charge in [-0.2, -0.15) is 0 Å². The molecule has 18 heavy (non-hydrogen) atoms. The second-order valence-corrected chi connectivity index (χ2v) is 6.23. The largest absolute Gasteiger partial charge is 0.312 e. The molecule has 0 aromatic carbocycles. The van der Waals surface area contributed by atoms with E-state index >= 15 is 0 Å². The summed E-state index contributed by atoms with van der Waals surface area (Å²) in [6.07, 6.45) is 6.96. The van der Waals surface area contributed by atoms with Crippen molar-refractivity contribution < 1.29 is 0 Å². The molecule has 3 atom stereocenters. The molecule has 0 aromatic heterocycles. The van der Waals surface area contributed by atoms with Crippen LogP contribution in [0.5, 0.6) is 0 Å². The molecule has 108 valence electrons. The summed E-state index contributed by atoms with van der Waals surface area (Å²) in [6.45, 7) is 14.2. The molecule has 0 heterocycles. The minimum atomic E-state index is 0.779. The van der Waals surface area contributed by atoms with Crippen LogP contribution in [0.25, 0.3) is 0 Å². The Morgan fingerprint density at radius 2 is 1.94 bits per heavy atom. The van der Waals surface area contributed by atoms with E-state index in [2.05, 4.69) is 37.9 Å². The van der Waals surface area contributed by atoms with Crippen molar-refractivity contribution in [1.29, 1.82) is 0 Å². The summed E-state index contributed by atoms with van der Waals surface area (Å²) >= 11 is 0. The van der Waals surface area contributed by atoms with Gasteiger partial charge in [-0.3, -0.25) is 0 Å². The predicted octanol–water partition coefficient (Wildman–Crippen LogP) is 3.52. The Labute approximate surface area is 115 Å². The number of nitrogens with one attached hydrogen (secondary N) is 1. The zero-order chi connectivity index (χ0) is 13.4.